The maximum atomic E-state index is 12.9. The molecule has 2 saturated heterocycles. The molecule has 0 aliphatic carbocycles. The first-order valence-corrected chi connectivity index (χ1v) is 11.2. The van der Waals surface area contributed by atoms with E-state index in [1.165, 1.54) is 36.2 Å². The molecule has 1 aromatic carbocycles. The minimum atomic E-state index is -3.64. The van der Waals surface area contributed by atoms with Crippen LogP contribution in [0, 0.1) is 5.92 Å². The van der Waals surface area contributed by atoms with Gasteiger partial charge >= 0.3 is 0 Å². The fraction of sp³-hybridized carbons (Fsp3) is 0.600. The smallest absolute Gasteiger partial charge is 0.243 e. The van der Waals surface area contributed by atoms with Gasteiger partial charge in [-0.05, 0) is 44.7 Å². The zero-order valence-corrected chi connectivity index (χ0v) is 16.7. The number of rotatable bonds is 4. The van der Waals surface area contributed by atoms with E-state index in [0.717, 1.165) is 25.9 Å². The van der Waals surface area contributed by atoms with Crippen LogP contribution in [-0.4, -0.2) is 55.5 Å². The number of likely N-dealkylation sites (tertiary alicyclic amines) is 1. The largest absolute Gasteiger partial charge is 0.342 e. The Hall–Kier alpha value is -1.73. The first kappa shape index (κ1) is 20.0. The van der Waals surface area contributed by atoms with Crippen LogP contribution in [0.2, 0.25) is 0 Å². The van der Waals surface area contributed by atoms with Crippen molar-refractivity contribution >= 4 is 21.7 Å². The van der Waals surface area contributed by atoms with E-state index in [-0.39, 0.29) is 22.5 Å². The van der Waals surface area contributed by atoms with Crippen molar-refractivity contribution < 1.29 is 18.0 Å². The van der Waals surface area contributed by atoms with Crippen molar-refractivity contribution in [2.45, 2.75) is 50.3 Å². The normalized spacial score (nSPS) is 20.3. The van der Waals surface area contributed by atoms with E-state index in [1.807, 2.05) is 4.90 Å². The van der Waals surface area contributed by atoms with Crippen LogP contribution in [0.3, 0.4) is 0 Å². The minimum Gasteiger partial charge on any atom is -0.342 e. The Morgan fingerprint density at radius 2 is 1.59 bits per heavy atom. The third-order valence-electron chi connectivity index (χ3n) is 5.60. The molecule has 1 aromatic rings. The van der Waals surface area contributed by atoms with Crippen molar-refractivity contribution in [2.24, 2.45) is 5.92 Å². The van der Waals surface area contributed by atoms with Gasteiger partial charge < -0.3 is 4.90 Å². The van der Waals surface area contributed by atoms with E-state index in [9.17, 15) is 18.0 Å². The van der Waals surface area contributed by atoms with Crippen molar-refractivity contribution in [3.05, 3.63) is 29.8 Å². The van der Waals surface area contributed by atoms with E-state index in [4.69, 9.17) is 0 Å². The van der Waals surface area contributed by atoms with E-state index in [1.54, 1.807) is 12.1 Å². The van der Waals surface area contributed by atoms with Crippen molar-refractivity contribution in [1.29, 1.82) is 0 Å². The summed E-state index contributed by atoms with van der Waals surface area (Å²) in [5, 5.41) is 0. The summed E-state index contributed by atoms with van der Waals surface area (Å²) in [4.78, 5) is 26.4. The lowest BCUT2D eigenvalue weighted by Crippen LogP contribution is -2.44. The van der Waals surface area contributed by atoms with Gasteiger partial charge in [-0.25, -0.2) is 8.42 Å². The Morgan fingerprint density at radius 1 is 0.963 bits per heavy atom. The Morgan fingerprint density at radius 3 is 2.19 bits per heavy atom. The molecule has 2 fully saturated rings. The number of hydrogen-bond donors (Lipinski definition) is 0. The van der Waals surface area contributed by atoms with Crippen LogP contribution in [0.4, 0.5) is 0 Å². The Bertz CT molecular complexity index is 790. The average molecular weight is 393 g/mol. The van der Waals surface area contributed by atoms with Gasteiger partial charge in [-0.15, -0.1) is 0 Å². The monoisotopic (exact) mass is 392 g/mol. The molecule has 0 atom stereocenters. The first-order valence-electron chi connectivity index (χ1n) is 9.79. The summed E-state index contributed by atoms with van der Waals surface area (Å²) >= 11 is 0. The number of Topliss-reactive ketones (excluding diaryl/α,β-unsaturated/α-hetero) is 1. The topological polar surface area (TPSA) is 74.8 Å². The molecule has 0 spiro atoms. The highest BCUT2D eigenvalue weighted by molar-refractivity contribution is 7.89. The fourth-order valence-electron chi connectivity index (χ4n) is 3.92. The van der Waals surface area contributed by atoms with Crippen LogP contribution in [-0.2, 0) is 14.8 Å². The second kappa shape index (κ2) is 8.52. The third-order valence-corrected chi connectivity index (χ3v) is 7.49. The van der Waals surface area contributed by atoms with Gasteiger partial charge in [0.15, 0.2) is 5.78 Å². The van der Waals surface area contributed by atoms with Crippen LogP contribution in [0.15, 0.2) is 29.2 Å². The molecule has 1 amide bonds. The van der Waals surface area contributed by atoms with E-state index in [0.29, 0.717) is 31.5 Å². The first-order chi connectivity index (χ1) is 12.9. The zero-order chi connectivity index (χ0) is 19.4. The summed E-state index contributed by atoms with van der Waals surface area (Å²) in [6, 6.07) is 6.18. The van der Waals surface area contributed by atoms with Crippen LogP contribution in [0.25, 0.3) is 0 Å². The maximum Gasteiger partial charge on any atom is 0.243 e. The molecule has 0 N–H and O–H groups in total. The van der Waals surface area contributed by atoms with Crippen LogP contribution < -0.4 is 0 Å². The van der Waals surface area contributed by atoms with Gasteiger partial charge in [0.25, 0.3) is 0 Å². The van der Waals surface area contributed by atoms with E-state index >= 15 is 0 Å². The molecular formula is C20H28N2O4S. The second-order valence-corrected chi connectivity index (χ2v) is 9.44. The molecular weight excluding hydrogens is 364 g/mol. The molecule has 3 rings (SSSR count). The Kier molecular flexibility index (Phi) is 6.32. The van der Waals surface area contributed by atoms with E-state index < -0.39 is 10.0 Å². The molecule has 27 heavy (non-hydrogen) atoms. The van der Waals surface area contributed by atoms with Crippen LogP contribution >= 0.6 is 0 Å². The number of piperidine rings is 1. The molecule has 0 aromatic heterocycles. The standard InChI is InChI=1S/C20H28N2O4S/c1-16(23)18-7-6-8-19(15-18)27(25,26)22-13-9-17(10-14-22)20(24)21-11-4-2-3-5-12-21/h6-8,15,17H,2-5,9-14H2,1H3. The summed E-state index contributed by atoms with van der Waals surface area (Å²) in [5.41, 5.74) is 0.391. The third kappa shape index (κ3) is 4.58. The molecule has 2 aliphatic heterocycles. The van der Waals surface area contributed by atoms with Gasteiger partial charge in [0.05, 0.1) is 4.90 Å². The predicted molar refractivity (Wildman–Crippen MR) is 103 cm³/mol. The highest BCUT2D eigenvalue weighted by atomic mass is 32.2. The van der Waals surface area contributed by atoms with Crippen LogP contribution in [0.5, 0.6) is 0 Å². The predicted octanol–water partition coefficient (Wildman–Crippen LogP) is 2.69. The summed E-state index contributed by atoms with van der Waals surface area (Å²) in [6.45, 7) is 3.77. The van der Waals surface area contributed by atoms with Gasteiger partial charge in [0, 0.05) is 37.7 Å². The number of carbonyl (C=O) groups excluding carboxylic acids is 2. The molecule has 6 nitrogen and oxygen atoms in total. The summed E-state index contributed by atoms with van der Waals surface area (Å²) in [5.74, 6) is -0.0561. The highest BCUT2D eigenvalue weighted by Crippen LogP contribution is 2.26. The molecule has 2 aliphatic rings. The number of sulfonamides is 1. The van der Waals surface area contributed by atoms with Gasteiger partial charge in [-0.3, -0.25) is 9.59 Å². The Labute approximate surface area is 161 Å². The van der Waals surface area contributed by atoms with Gasteiger partial charge in [0.2, 0.25) is 15.9 Å². The van der Waals surface area contributed by atoms with Gasteiger partial charge in [-0.2, -0.15) is 4.31 Å². The molecule has 148 valence electrons. The SMILES string of the molecule is CC(=O)c1cccc(S(=O)(=O)N2CCC(C(=O)N3CCCCCC3)CC2)c1. The number of amides is 1. The number of carbonyl (C=O) groups is 2. The lowest BCUT2D eigenvalue weighted by molar-refractivity contribution is -0.136. The quantitative estimate of drug-likeness (QED) is 0.739. The zero-order valence-electron chi connectivity index (χ0n) is 15.9. The summed E-state index contributed by atoms with van der Waals surface area (Å²) in [6.07, 6.45) is 5.60. The lowest BCUT2D eigenvalue weighted by atomic mass is 9.96. The Balaban J connectivity index is 1.65. The molecule has 0 saturated carbocycles. The summed E-state index contributed by atoms with van der Waals surface area (Å²) in [7, 11) is -3.64. The number of nitrogens with zero attached hydrogens (tertiary/aromatic N) is 2. The lowest BCUT2D eigenvalue weighted by Gasteiger charge is -2.33. The molecule has 7 heteroatoms. The van der Waals surface area contributed by atoms with Crippen molar-refractivity contribution in [3.8, 4) is 0 Å². The summed E-state index contributed by atoms with van der Waals surface area (Å²) < 4.78 is 27.3. The maximum absolute atomic E-state index is 12.9. The average Bonchev–Trinajstić information content (AvgIpc) is 2.97. The number of hydrogen-bond acceptors (Lipinski definition) is 4. The van der Waals surface area contributed by atoms with E-state index in [2.05, 4.69) is 0 Å². The number of ketones is 1. The fourth-order valence-corrected chi connectivity index (χ4v) is 5.43. The van der Waals surface area contributed by atoms with Crippen molar-refractivity contribution in [2.75, 3.05) is 26.2 Å². The molecule has 2 heterocycles. The van der Waals surface area contributed by atoms with Crippen molar-refractivity contribution in [1.82, 2.24) is 9.21 Å². The van der Waals surface area contributed by atoms with Gasteiger partial charge in [-0.1, -0.05) is 25.0 Å². The van der Waals surface area contributed by atoms with Crippen molar-refractivity contribution in [3.63, 3.8) is 0 Å². The molecule has 0 bridgehead atoms. The highest BCUT2D eigenvalue weighted by Gasteiger charge is 2.34. The minimum absolute atomic E-state index is 0.0851. The van der Waals surface area contributed by atoms with Gasteiger partial charge in [0.1, 0.15) is 0 Å². The van der Waals surface area contributed by atoms with Crippen LogP contribution in [0.1, 0.15) is 55.8 Å². The second-order valence-electron chi connectivity index (χ2n) is 7.50. The molecule has 0 radical (unpaired) electrons. The number of benzene rings is 1. The molecule has 0 unspecified atom stereocenters.